The molecule has 0 radical (unpaired) electrons. The minimum atomic E-state index is 1.05. The van der Waals surface area contributed by atoms with Crippen LogP contribution in [0.5, 0.6) is 0 Å². The Labute approximate surface area is 87.1 Å². The van der Waals surface area contributed by atoms with Crippen molar-refractivity contribution in [1.29, 1.82) is 0 Å². The Kier molecular flexibility index (Phi) is 4.84. The number of hydrogen-bond acceptors (Lipinski definition) is 1. The van der Waals surface area contributed by atoms with Crippen LogP contribution < -0.4 is 4.90 Å². The lowest BCUT2D eigenvalue weighted by Crippen LogP contribution is -2.24. The van der Waals surface area contributed by atoms with E-state index in [-0.39, 0.29) is 0 Å². The van der Waals surface area contributed by atoms with E-state index in [1.165, 1.54) is 12.1 Å². The van der Waals surface area contributed by atoms with Gasteiger partial charge in [-0.15, -0.1) is 6.58 Å². The zero-order chi connectivity index (χ0) is 10.2. The summed E-state index contributed by atoms with van der Waals surface area (Å²) in [6.45, 7) is 8.17. The second-order valence-electron chi connectivity index (χ2n) is 3.40. The summed E-state index contributed by atoms with van der Waals surface area (Å²) in [5.41, 5.74) is 1.32. The van der Waals surface area contributed by atoms with Crippen molar-refractivity contribution in [2.24, 2.45) is 0 Å². The highest BCUT2D eigenvalue weighted by Gasteiger charge is 2.02. The molecule has 0 unspecified atom stereocenters. The normalized spacial score (nSPS) is 9.79. The predicted molar refractivity (Wildman–Crippen MR) is 63.8 cm³/mol. The number of hydrogen-bond donors (Lipinski definition) is 0. The topological polar surface area (TPSA) is 3.24 Å². The van der Waals surface area contributed by atoms with Gasteiger partial charge in [0.2, 0.25) is 0 Å². The van der Waals surface area contributed by atoms with Crippen molar-refractivity contribution in [1.82, 2.24) is 0 Å². The van der Waals surface area contributed by atoms with Gasteiger partial charge in [0.1, 0.15) is 0 Å². The van der Waals surface area contributed by atoms with Crippen molar-refractivity contribution in [2.75, 3.05) is 18.0 Å². The third-order valence-electron chi connectivity index (χ3n) is 2.22. The first kappa shape index (κ1) is 10.8. The Balaban J connectivity index is 2.62. The van der Waals surface area contributed by atoms with Crippen LogP contribution >= 0.6 is 0 Å². The Morgan fingerprint density at radius 2 is 1.93 bits per heavy atom. The first-order chi connectivity index (χ1) is 6.88. The fourth-order valence-electron chi connectivity index (χ4n) is 1.53. The average Bonchev–Trinajstić information content (AvgIpc) is 2.25. The van der Waals surface area contributed by atoms with Gasteiger partial charge in [0.05, 0.1) is 0 Å². The van der Waals surface area contributed by atoms with Gasteiger partial charge in [-0.2, -0.15) is 0 Å². The van der Waals surface area contributed by atoms with Gasteiger partial charge >= 0.3 is 0 Å². The van der Waals surface area contributed by atoms with E-state index >= 15 is 0 Å². The molecule has 1 nitrogen and oxygen atoms in total. The summed E-state index contributed by atoms with van der Waals surface area (Å²) < 4.78 is 0. The maximum atomic E-state index is 3.76. The molecule has 0 saturated heterocycles. The molecule has 76 valence electrons. The highest BCUT2D eigenvalue weighted by Crippen LogP contribution is 2.13. The third kappa shape index (κ3) is 3.25. The van der Waals surface area contributed by atoms with Crippen molar-refractivity contribution in [3.8, 4) is 0 Å². The van der Waals surface area contributed by atoms with Crippen LogP contribution in [0.15, 0.2) is 43.0 Å². The van der Waals surface area contributed by atoms with Gasteiger partial charge < -0.3 is 4.90 Å². The molecular formula is C13H19N. The zero-order valence-electron chi connectivity index (χ0n) is 8.95. The molecule has 0 N–H and O–H groups in total. The van der Waals surface area contributed by atoms with Gasteiger partial charge in [0.15, 0.2) is 0 Å². The molecule has 0 spiro atoms. The van der Waals surface area contributed by atoms with Crippen molar-refractivity contribution in [3.05, 3.63) is 43.0 Å². The van der Waals surface area contributed by atoms with Crippen LogP contribution in [0.1, 0.15) is 19.8 Å². The summed E-state index contributed by atoms with van der Waals surface area (Å²) in [6, 6.07) is 10.6. The molecule has 0 atom stereocenters. The summed E-state index contributed by atoms with van der Waals surface area (Å²) in [4.78, 5) is 2.40. The van der Waals surface area contributed by atoms with Gasteiger partial charge in [0.25, 0.3) is 0 Å². The van der Waals surface area contributed by atoms with Crippen LogP contribution in [-0.4, -0.2) is 13.1 Å². The summed E-state index contributed by atoms with van der Waals surface area (Å²) in [5.74, 6) is 0. The Morgan fingerprint density at radius 1 is 1.21 bits per heavy atom. The molecule has 0 aliphatic rings. The highest BCUT2D eigenvalue weighted by molar-refractivity contribution is 5.45. The minimum absolute atomic E-state index is 1.05. The largest absolute Gasteiger partial charge is 0.371 e. The second-order valence-corrected chi connectivity index (χ2v) is 3.40. The Morgan fingerprint density at radius 3 is 2.50 bits per heavy atom. The summed E-state index contributed by atoms with van der Waals surface area (Å²) in [6.07, 6.45) is 4.21. The van der Waals surface area contributed by atoms with E-state index in [9.17, 15) is 0 Å². The van der Waals surface area contributed by atoms with Crippen molar-refractivity contribution in [3.63, 3.8) is 0 Å². The lowest BCUT2D eigenvalue weighted by Gasteiger charge is -2.23. The zero-order valence-corrected chi connectivity index (χ0v) is 8.95. The van der Waals surface area contributed by atoms with E-state index in [1.807, 2.05) is 6.08 Å². The van der Waals surface area contributed by atoms with Crippen LogP contribution in [0.25, 0.3) is 0 Å². The lowest BCUT2D eigenvalue weighted by atomic mass is 10.2. The van der Waals surface area contributed by atoms with Crippen molar-refractivity contribution >= 4 is 5.69 Å². The molecule has 0 amide bonds. The van der Waals surface area contributed by atoms with Crippen LogP contribution in [0.2, 0.25) is 0 Å². The highest BCUT2D eigenvalue weighted by atomic mass is 15.1. The molecule has 0 fully saturated rings. The molecule has 1 rings (SSSR count). The van der Waals surface area contributed by atoms with Crippen molar-refractivity contribution < 1.29 is 0 Å². The monoisotopic (exact) mass is 189 g/mol. The molecule has 0 aliphatic heterocycles. The van der Waals surface area contributed by atoms with Crippen LogP contribution in [0, 0.1) is 0 Å². The number of benzene rings is 1. The van der Waals surface area contributed by atoms with E-state index in [4.69, 9.17) is 0 Å². The molecule has 0 aromatic heterocycles. The average molecular weight is 189 g/mol. The number of anilines is 1. The van der Waals surface area contributed by atoms with Gasteiger partial charge in [-0.1, -0.05) is 31.2 Å². The first-order valence-electron chi connectivity index (χ1n) is 5.29. The standard InChI is InChI=1S/C13H19N/c1-3-5-12-14(11-4-2)13-9-7-6-8-10-13/h3,6-10H,1,4-5,11-12H2,2H3. The van der Waals surface area contributed by atoms with Gasteiger partial charge in [-0.05, 0) is 25.0 Å². The van der Waals surface area contributed by atoms with Crippen LogP contribution in [-0.2, 0) is 0 Å². The van der Waals surface area contributed by atoms with E-state index in [1.54, 1.807) is 0 Å². The lowest BCUT2D eigenvalue weighted by molar-refractivity contribution is 0.765. The van der Waals surface area contributed by atoms with E-state index in [0.29, 0.717) is 0 Å². The van der Waals surface area contributed by atoms with Crippen molar-refractivity contribution in [2.45, 2.75) is 19.8 Å². The first-order valence-corrected chi connectivity index (χ1v) is 5.29. The fourth-order valence-corrected chi connectivity index (χ4v) is 1.53. The van der Waals surface area contributed by atoms with E-state index in [0.717, 1.165) is 19.5 Å². The number of rotatable bonds is 6. The quantitative estimate of drug-likeness (QED) is 0.619. The van der Waals surface area contributed by atoms with Gasteiger partial charge in [0, 0.05) is 18.8 Å². The van der Waals surface area contributed by atoms with E-state index in [2.05, 4.69) is 48.7 Å². The molecule has 0 bridgehead atoms. The second kappa shape index (κ2) is 6.25. The molecule has 1 heteroatoms. The Bertz CT molecular complexity index is 253. The molecule has 0 heterocycles. The maximum absolute atomic E-state index is 3.76. The predicted octanol–water partition coefficient (Wildman–Crippen LogP) is 3.48. The van der Waals surface area contributed by atoms with Gasteiger partial charge in [-0.25, -0.2) is 0 Å². The molecule has 14 heavy (non-hydrogen) atoms. The van der Waals surface area contributed by atoms with Crippen LogP contribution in [0.4, 0.5) is 5.69 Å². The summed E-state index contributed by atoms with van der Waals surface area (Å²) in [7, 11) is 0. The summed E-state index contributed by atoms with van der Waals surface area (Å²) >= 11 is 0. The maximum Gasteiger partial charge on any atom is 0.0366 e. The molecule has 1 aromatic rings. The van der Waals surface area contributed by atoms with Crippen LogP contribution in [0.3, 0.4) is 0 Å². The fraction of sp³-hybridized carbons (Fsp3) is 0.385. The molecule has 1 aromatic carbocycles. The smallest absolute Gasteiger partial charge is 0.0366 e. The Hall–Kier alpha value is -1.24. The SMILES string of the molecule is C=CCCN(CCC)c1ccccc1. The number of para-hydroxylation sites is 1. The molecular weight excluding hydrogens is 170 g/mol. The number of nitrogens with zero attached hydrogens (tertiary/aromatic N) is 1. The molecule has 0 aliphatic carbocycles. The van der Waals surface area contributed by atoms with E-state index < -0.39 is 0 Å². The third-order valence-corrected chi connectivity index (χ3v) is 2.22. The minimum Gasteiger partial charge on any atom is -0.371 e. The van der Waals surface area contributed by atoms with Gasteiger partial charge in [-0.3, -0.25) is 0 Å². The molecule has 0 saturated carbocycles. The summed E-state index contributed by atoms with van der Waals surface area (Å²) in [5, 5.41) is 0.